The van der Waals surface area contributed by atoms with Gasteiger partial charge in [0.15, 0.2) is 11.3 Å². The average molecular weight is 361 g/mol. The molecule has 3 aromatic heterocycles. The normalized spacial score (nSPS) is 10.8. The Balaban J connectivity index is 1.97. The van der Waals surface area contributed by atoms with Gasteiger partial charge < -0.3 is 26.9 Å². The van der Waals surface area contributed by atoms with Crippen LogP contribution in [-0.2, 0) is 0 Å². The molecule has 0 spiro atoms. The molecule has 134 valence electrons. The van der Waals surface area contributed by atoms with Gasteiger partial charge in [-0.2, -0.15) is 0 Å². The average Bonchev–Trinajstić information content (AvgIpc) is 3.06. The molecule has 0 aliphatic heterocycles. The van der Waals surface area contributed by atoms with E-state index in [4.69, 9.17) is 11.5 Å². The van der Waals surface area contributed by atoms with Gasteiger partial charge in [0.1, 0.15) is 11.6 Å². The largest absolute Gasteiger partial charge is 0.508 e. The Bertz CT molecular complexity index is 1150. The van der Waals surface area contributed by atoms with E-state index in [1.54, 1.807) is 48.8 Å². The number of carbonyl (C=O) groups is 1. The minimum absolute atomic E-state index is 0.00411. The van der Waals surface area contributed by atoms with E-state index in [0.29, 0.717) is 27.8 Å². The zero-order valence-electron chi connectivity index (χ0n) is 14.0. The fourth-order valence-electron chi connectivity index (χ4n) is 2.88. The van der Waals surface area contributed by atoms with Gasteiger partial charge in [0, 0.05) is 29.2 Å². The number of amides is 1. The first-order chi connectivity index (χ1) is 13.0. The highest BCUT2D eigenvalue weighted by molar-refractivity contribution is 6.11. The Morgan fingerprint density at radius 3 is 2.63 bits per heavy atom. The fraction of sp³-hybridized carbons (Fsp3) is 0. The van der Waals surface area contributed by atoms with Crippen LogP contribution in [0.15, 0.2) is 48.8 Å². The maximum absolute atomic E-state index is 12.0. The van der Waals surface area contributed by atoms with Gasteiger partial charge in [-0.1, -0.05) is 0 Å². The zero-order chi connectivity index (χ0) is 19.0. The molecule has 27 heavy (non-hydrogen) atoms. The molecule has 0 radical (unpaired) electrons. The van der Waals surface area contributed by atoms with Crippen molar-refractivity contribution >= 4 is 34.1 Å². The summed E-state index contributed by atoms with van der Waals surface area (Å²) >= 11 is 0. The number of anilines is 3. The molecule has 0 saturated carbocycles. The van der Waals surface area contributed by atoms with Crippen LogP contribution < -0.4 is 16.8 Å². The predicted molar refractivity (Wildman–Crippen MR) is 101 cm³/mol. The molecule has 0 aliphatic carbocycles. The minimum atomic E-state index is -0.723. The number of aromatic nitrogens is 4. The lowest BCUT2D eigenvalue weighted by molar-refractivity contribution is 0.0995. The van der Waals surface area contributed by atoms with E-state index >= 15 is 0 Å². The molecule has 0 unspecified atom stereocenters. The second-order valence-electron chi connectivity index (χ2n) is 5.82. The number of carbonyl (C=O) groups excluding carboxylic acids is 1. The third-order valence-corrected chi connectivity index (χ3v) is 4.08. The molecule has 3 heterocycles. The van der Waals surface area contributed by atoms with Crippen molar-refractivity contribution < 1.29 is 9.90 Å². The number of benzene rings is 1. The first-order valence-electron chi connectivity index (χ1n) is 7.99. The summed E-state index contributed by atoms with van der Waals surface area (Å²) in [5.74, 6) is -0.323. The smallest absolute Gasteiger partial charge is 0.269 e. The maximum Gasteiger partial charge on any atom is 0.269 e. The molecular weight excluding hydrogens is 346 g/mol. The molecule has 0 fully saturated rings. The Morgan fingerprint density at radius 2 is 1.93 bits per heavy atom. The molecule has 9 nitrogen and oxygen atoms in total. The van der Waals surface area contributed by atoms with Gasteiger partial charge >= 0.3 is 0 Å². The van der Waals surface area contributed by atoms with Gasteiger partial charge in [-0.3, -0.25) is 4.79 Å². The van der Waals surface area contributed by atoms with E-state index in [1.807, 2.05) is 0 Å². The third kappa shape index (κ3) is 2.86. The van der Waals surface area contributed by atoms with E-state index in [9.17, 15) is 9.90 Å². The van der Waals surface area contributed by atoms with Crippen LogP contribution in [-0.4, -0.2) is 31.2 Å². The van der Waals surface area contributed by atoms with Crippen molar-refractivity contribution in [2.75, 3.05) is 11.1 Å². The number of phenols is 1. The van der Waals surface area contributed by atoms with Gasteiger partial charge in [-0.15, -0.1) is 10.2 Å². The second kappa shape index (κ2) is 6.30. The van der Waals surface area contributed by atoms with E-state index in [0.717, 1.165) is 5.69 Å². The van der Waals surface area contributed by atoms with Crippen LogP contribution in [0.1, 0.15) is 10.5 Å². The van der Waals surface area contributed by atoms with Crippen LogP contribution in [0.2, 0.25) is 0 Å². The molecule has 9 heteroatoms. The Kier molecular flexibility index (Phi) is 3.81. The summed E-state index contributed by atoms with van der Waals surface area (Å²) in [6, 6.07) is 10.0. The van der Waals surface area contributed by atoms with Crippen LogP contribution in [0.25, 0.3) is 22.2 Å². The summed E-state index contributed by atoms with van der Waals surface area (Å²) in [6.07, 6.45) is 3.26. The number of nitrogens with zero attached hydrogens (tertiary/aromatic N) is 3. The summed E-state index contributed by atoms with van der Waals surface area (Å²) in [4.78, 5) is 19.1. The number of phenolic OH excluding ortho intramolecular Hbond substituents is 1. The zero-order valence-corrected chi connectivity index (χ0v) is 14.0. The number of hydrogen-bond donors (Lipinski definition) is 5. The van der Waals surface area contributed by atoms with Crippen molar-refractivity contribution in [1.29, 1.82) is 0 Å². The van der Waals surface area contributed by atoms with Crippen molar-refractivity contribution in [2.45, 2.75) is 0 Å². The number of nitrogens with one attached hydrogen (secondary N) is 2. The summed E-state index contributed by atoms with van der Waals surface area (Å²) in [5, 5.41) is 21.3. The van der Waals surface area contributed by atoms with Crippen molar-refractivity contribution in [1.82, 2.24) is 20.2 Å². The van der Waals surface area contributed by atoms with E-state index in [2.05, 4.69) is 25.5 Å². The summed E-state index contributed by atoms with van der Waals surface area (Å²) in [7, 11) is 0. The van der Waals surface area contributed by atoms with Crippen LogP contribution in [0.3, 0.4) is 0 Å². The minimum Gasteiger partial charge on any atom is -0.508 e. The summed E-state index contributed by atoms with van der Waals surface area (Å²) in [5.41, 5.74) is 14.4. The van der Waals surface area contributed by atoms with Crippen molar-refractivity contribution in [2.24, 2.45) is 5.73 Å². The molecule has 0 atom stereocenters. The number of aromatic amines is 1. The Hall–Kier alpha value is -4.14. The Labute approximate surface area is 153 Å². The first kappa shape index (κ1) is 16.3. The first-order valence-corrected chi connectivity index (χ1v) is 7.99. The lowest BCUT2D eigenvalue weighted by atomic mass is 10.0. The van der Waals surface area contributed by atoms with Crippen molar-refractivity contribution in [3.05, 3.63) is 54.5 Å². The molecule has 0 aliphatic rings. The Morgan fingerprint density at radius 1 is 1.15 bits per heavy atom. The second-order valence-corrected chi connectivity index (χ2v) is 5.82. The standard InChI is InChI=1S/C18H15N7O2/c19-16-11(2-1-7-21-16)13-14-12(23-9-3-5-10(26)6-4-9)8-22-18(14)25-24-15(13)17(20)27/h1-8,23,26H,(H2,19,21)(H2,20,27)(H,22,25). The lowest BCUT2D eigenvalue weighted by Crippen LogP contribution is -2.16. The SMILES string of the molecule is NC(=O)c1nnc2[nH]cc(Nc3ccc(O)cc3)c2c1-c1cccnc1N. The molecule has 1 aromatic carbocycles. The lowest BCUT2D eigenvalue weighted by Gasteiger charge is -2.12. The van der Waals surface area contributed by atoms with E-state index in [1.165, 1.54) is 0 Å². The van der Waals surface area contributed by atoms with E-state index in [-0.39, 0.29) is 17.3 Å². The molecule has 4 aromatic rings. The molecule has 7 N–H and O–H groups in total. The van der Waals surface area contributed by atoms with Gasteiger partial charge in [0.2, 0.25) is 0 Å². The van der Waals surface area contributed by atoms with Gasteiger partial charge in [0.05, 0.1) is 11.1 Å². The van der Waals surface area contributed by atoms with Gasteiger partial charge in [0.25, 0.3) is 5.91 Å². The number of pyridine rings is 1. The number of nitrogens with two attached hydrogens (primary N) is 2. The molecule has 0 saturated heterocycles. The highest BCUT2D eigenvalue weighted by atomic mass is 16.3. The number of hydrogen-bond acceptors (Lipinski definition) is 7. The quantitative estimate of drug-likeness (QED) is 0.349. The fourth-order valence-corrected chi connectivity index (χ4v) is 2.88. The number of rotatable bonds is 4. The molecular formula is C18H15N7O2. The predicted octanol–water partition coefficient (Wildman–Crippen LogP) is 2.15. The summed E-state index contributed by atoms with van der Waals surface area (Å²) < 4.78 is 0. The van der Waals surface area contributed by atoms with E-state index < -0.39 is 5.91 Å². The van der Waals surface area contributed by atoms with Crippen molar-refractivity contribution in [3.8, 4) is 16.9 Å². The monoisotopic (exact) mass is 361 g/mol. The summed E-state index contributed by atoms with van der Waals surface area (Å²) in [6.45, 7) is 0. The van der Waals surface area contributed by atoms with Gasteiger partial charge in [-0.05, 0) is 36.4 Å². The molecule has 4 rings (SSSR count). The number of aromatic hydroxyl groups is 1. The highest BCUT2D eigenvalue weighted by Gasteiger charge is 2.22. The van der Waals surface area contributed by atoms with Gasteiger partial charge in [-0.25, -0.2) is 4.98 Å². The number of H-pyrrole nitrogens is 1. The van der Waals surface area contributed by atoms with Crippen LogP contribution >= 0.6 is 0 Å². The number of nitrogen functional groups attached to an aromatic ring is 1. The topological polar surface area (TPSA) is 156 Å². The molecule has 1 amide bonds. The number of fused-ring (bicyclic) bond motifs is 1. The van der Waals surface area contributed by atoms with Crippen molar-refractivity contribution in [3.63, 3.8) is 0 Å². The molecule has 0 bridgehead atoms. The highest BCUT2D eigenvalue weighted by Crippen LogP contribution is 2.37. The number of primary amides is 1. The van der Waals surface area contributed by atoms with Crippen LogP contribution in [0.5, 0.6) is 5.75 Å². The third-order valence-electron chi connectivity index (χ3n) is 4.08. The van der Waals surface area contributed by atoms with Crippen LogP contribution in [0, 0.1) is 0 Å². The maximum atomic E-state index is 12.0. The van der Waals surface area contributed by atoms with Crippen LogP contribution in [0.4, 0.5) is 17.2 Å².